The lowest BCUT2D eigenvalue weighted by atomic mass is 10.1. The van der Waals surface area contributed by atoms with E-state index in [-0.39, 0.29) is 17.9 Å². The molecule has 0 bridgehead atoms. The summed E-state index contributed by atoms with van der Waals surface area (Å²) in [6.07, 6.45) is 10.5. The molecular weight excluding hydrogens is 316 g/mol. The zero-order valence-electron chi connectivity index (χ0n) is 12.6. The van der Waals surface area contributed by atoms with Crippen LogP contribution in [0.2, 0.25) is 0 Å². The molecule has 122 valence electrons. The number of rotatable bonds is 2. The summed E-state index contributed by atoms with van der Waals surface area (Å²) in [5, 5.41) is 0. The molecule has 1 saturated heterocycles. The van der Waals surface area contributed by atoms with E-state index in [1.165, 1.54) is 19.3 Å². The van der Waals surface area contributed by atoms with Crippen molar-refractivity contribution in [1.82, 2.24) is 24.9 Å². The number of nitrogens with zero attached hydrogens (tertiary/aromatic N) is 5. The first-order valence-corrected chi connectivity index (χ1v) is 7.27. The number of anilines is 1. The summed E-state index contributed by atoms with van der Waals surface area (Å²) in [6, 6.07) is 2.01. The molecule has 0 amide bonds. The van der Waals surface area contributed by atoms with Crippen LogP contribution in [-0.2, 0) is 0 Å². The average Bonchev–Trinajstić information content (AvgIpc) is 3.00. The van der Waals surface area contributed by atoms with Gasteiger partial charge in [-0.25, -0.2) is 9.97 Å². The number of piperidine rings is 1. The van der Waals surface area contributed by atoms with E-state index in [2.05, 4.69) is 29.8 Å². The highest BCUT2D eigenvalue weighted by molar-refractivity contribution is 5.90. The molecule has 1 fully saturated rings. The van der Waals surface area contributed by atoms with Gasteiger partial charge in [0.1, 0.15) is 17.5 Å². The summed E-state index contributed by atoms with van der Waals surface area (Å²) < 4.78 is 0. The zero-order valence-corrected chi connectivity index (χ0v) is 13.4. The quantitative estimate of drug-likeness (QED) is 0.772. The van der Waals surface area contributed by atoms with Gasteiger partial charge in [0, 0.05) is 25.5 Å². The van der Waals surface area contributed by atoms with Gasteiger partial charge < -0.3 is 15.4 Å². The number of fused-ring (bicyclic) bond motifs is 1. The Morgan fingerprint density at radius 1 is 1.00 bits per heavy atom. The number of aromatic nitrogens is 5. The van der Waals surface area contributed by atoms with Gasteiger partial charge >= 0.3 is 0 Å². The first-order chi connectivity index (χ1) is 10.4. The molecule has 0 aromatic carbocycles. The highest BCUT2D eigenvalue weighted by Gasteiger charge is 2.17. The molecule has 0 saturated carbocycles. The minimum absolute atomic E-state index is 0. The lowest BCUT2D eigenvalue weighted by Gasteiger charge is -2.27. The Bertz CT molecular complexity index is 757. The molecule has 0 aliphatic carbocycles. The Morgan fingerprint density at radius 2 is 1.83 bits per heavy atom. The van der Waals surface area contributed by atoms with Crippen molar-refractivity contribution in [3.05, 3.63) is 31.0 Å². The van der Waals surface area contributed by atoms with Crippen molar-refractivity contribution in [1.29, 1.82) is 0 Å². The van der Waals surface area contributed by atoms with Crippen molar-refractivity contribution in [2.45, 2.75) is 19.3 Å². The maximum Gasteiger partial charge on any atom is 0.156 e. The third-order valence-electron chi connectivity index (χ3n) is 3.89. The van der Waals surface area contributed by atoms with Crippen LogP contribution in [0.1, 0.15) is 19.3 Å². The van der Waals surface area contributed by atoms with Crippen molar-refractivity contribution in [3.63, 3.8) is 0 Å². The first-order valence-electron chi connectivity index (χ1n) is 7.27. The second kappa shape index (κ2) is 7.34. The predicted octanol–water partition coefficient (Wildman–Crippen LogP) is 2.00. The molecule has 0 spiro atoms. The molecular formula is C15H19ClN6O. The molecule has 0 radical (unpaired) electrons. The molecule has 3 aromatic rings. The smallest absolute Gasteiger partial charge is 0.156 e. The van der Waals surface area contributed by atoms with E-state index in [1.54, 1.807) is 24.9 Å². The molecule has 0 unspecified atom stereocenters. The van der Waals surface area contributed by atoms with E-state index in [0.29, 0.717) is 0 Å². The number of hydrogen-bond acceptors (Lipinski definition) is 5. The van der Waals surface area contributed by atoms with Gasteiger partial charge in [0.25, 0.3) is 0 Å². The maximum absolute atomic E-state index is 4.49. The topological polar surface area (TPSA) is 102 Å². The second-order valence-corrected chi connectivity index (χ2v) is 5.28. The van der Waals surface area contributed by atoms with Crippen molar-refractivity contribution < 1.29 is 5.48 Å². The normalized spacial score (nSPS) is 14.2. The SMILES string of the molecule is Cl.O.c1cnc(-c2cc3ncnc(N4CCCCC4)c3[nH]2)cn1. The van der Waals surface area contributed by atoms with Gasteiger partial charge in [-0.1, -0.05) is 0 Å². The Balaban J connectivity index is 0.000000960. The van der Waals surface area contributed by atoms with Crippen LogP contribution < -0.4 is 4.90 Å². The largest absolute Gasteiger partial charge is 0.412 e. The first kappa shape index (κ1) is 17.1. The van der Waals surface area contributed by atoms with E-state index in [1.807, 2.05) is 6.07 Å². The summed E-state index contributed by atoms with van der Waals surface area (Å²) >= 11 is 0. The van der Waals surface area contributed by atoms with Gasteiger partial charge in [-0.2, -0.15) is 0 Å². The molecule has 7 nitrogen and oxygen atoms in total. The molecule has 23 heavy (non-hydrogen) atoms. The molecule has 3 aromatic heterocycles. The molecule has 4 heterocycles. The monoisotopic (exact) mass is 334 g/mol. The summed E-state index contributed by atoms with van der Waals surface area (Å²) in [5.74, 6) is 0.995. The van der Waals surface area contributed by atoms with Crippen molar-refractivity contribution >= 4 is 29.3 Å². The van der Waals surface area contributed by atoms with Crippen molar-refractivity contribution in [2.75, 3.05) is 18.0 Å². The average molecular weight is 335 g/mol. The van der Waals surface area contributed by atoms with Crippen LogP contribution in [0.5, 0.6) is 0 Å². The van der Waals surface area contributed by atoms with Crippen LogP contribution in [-0.4, -0.2) is 43.5 Å². The fourth-order valence-electron chi connectivity index (χ4n) is 2.85. The van der Waals surface area contributed by atoms with Gasteiger partial charge in [0.05, 0.1) is 17.4 Å². The van der Waals surface area contributed by atoms with E-state index in [4.69, 9.17) is 0 Å². The third-order valence-corrected chi connectivity index (χ3v) is 3.89. The Labute approximate surface area is 139 Å². The third kappa shape index (κ3) is 3.25. The van der Waals surface area contributed by atoms with Gasteiger partial charge in [-0.05, 0) is 25.3 Å². The molecule has 4 rings (SSSR count). The lowest BCUT2D eigenvalue weighted by molar-refractivity contribution is 0.574. The highest BCUT2D eigenvalue weighted by atomic mass is 35.5. The Morgan fingerprint density at radius 3 is 2.57 bits per heavy atom. The minimum Gasteiger partial charge on any atom is -0.412 e. The van der Waals surface area contributed by atoms with Crippen molar-refractivity contribution in [3.8, 4) is 11.4 Å². The van der Waals surface area contributed by atoms with E-state index < -0.39 is 0 Å². The fraction of sp³-hybridized carbons (Fsp3) is 0.333. The maximum atomic E-state index is 4.49. The zero-order chi connectivity index (χ0) is 14.1. The summed E-state index contributed by atoms with van der Waals surface area (Å²) in [4.78, 5) is 23.0. The van der Waals surface area contributed by atoms with Gasteiger partial charge in [-0.3, -0.25) is 9.97 Å². The number of H-pyrrole nitrogens is 1. The Kier molecular flexibility index (Phi) is 5.46. The van der Waals surface area contributed by atoms with Crippen LogP contribution >= 0.6 is 12.4 Å². The van der Waals surface area contributed by atoms with Crippen LogP contribution in [0.3, 0.4) is 0 Å². The molecule has 8 heteroatoms. The number of hydrogen-bond donors (Lipinski definition) is 1. The van der Waals surface area contributed by atoms with Crippen LogP contribution in [0.25, 0.3) is 22.4 Å². The predicted molar refractivity (Wildman–Crippen MR) is 91.8 cm³/mol. The van der Waals surface area contributed by atoms with Gasteiger partial charge in [0.2, 0.25) is 0 Å². The number of aromatic amines is 1. The van der Waals surface area contributed by atoms with Crippen LogP contribution in [0, 0.1) is 0 Å². The lowest BCUT2D eigenvalue weighted by Crippen LogP contribution is -2.30. The summed E-state index contributed by atoms with van der Waals surface area (Å²) in [6.45, 7) is 2.12. The number of nitrogens with one attached hydrogen (secondary N) is 1. The summed E-state index contributed by atoms with van der Waals surface area (Å²) in [7, 11) is 0. The fourth-order valence-corrected chi connectivity index (χ4v) is 2.85. The molecule has 0 atom stereocenters. The van der Waals surface area contributed by atoms with E-state index in [9.17, 15) is 0 Å². The molecule has 3 N–H and O–H groups in total. The summed E-state index contributed by atoms with van der Waals surface area (Å²) in [5.41, 5.74) is 3.66. The number of halogens is 1. The van der Waals surface area contributed by atoms with Crippen LogP contribution in [0.15, 0.2) is 31.0 Å². The van der Waals surface area contributed by atoms with Crippen LogP contribution in [0.4, 0.5) is 5.82 Å². The standard InChI is InChI=1S/C15H16N6.ClH.H2O/c1-2-6-21(7-3-1)15-14-12(18-10-19-15)8-11(20-14)13-9-16-4-5-17-13;;/h4-5,8-10,20H,1-3,6-7H2;1H;1H2. The molecule has 1 aliphatic rings. The molecule has 1 aliphatic heterocycles. The second-order valence-electron chi connectivity index (χ2n) is 5.28. The minimum atomic E-state index is 0. The van der Waals surface area contributed by atoms with Gasteiger partial charge in [0.15, 0.2) is 5.82 Å². The Hall–Kier alpha value is -2.25. The van der Waals surface area contributed by atoms with Crippen molar-refractivity contribution in [2.24, 2.45) is 0 Å². The van der Waals surface area contributed by atoms with Gasteiger partial charge in [-0.15, -0.1) is 12.4 Å². The van der Waals surface area contributed by atoms with E-state index in [0.717, 1.165) is 41.3 Å². The van der Waals surface area contributed by atoms with E-state index >= 15 is 0 Å². The highest BCUT2D eigenvalue weighted by Crippen LogP contribution is 2.28.